The SMILES string of the molecule is Cc1ccc2nc(/C=C/c3ccco3)n(CCCN)c(=O)c2c1. The minimum Gasteiger partial charge on any atom is -0.465 e. The van der Waals surface area contributed by atoms with Crippen molar-refractivity contribution in [3.05, 3.63) is 64.1 Å². The first-order valence-corrected chi connectivity index (χ1v) is 7.62. The van der Waals surface area contributed by atoms with Gasteiger partial charge in [-0.3, -0.25) is 9.36 Å². The van der Waals surface area contributed by atoms with Gasteiger partial charge in [0.25, 0.3) is 5.56 Å². The molecule has 0 saturated heterocycles. The highest BCUT2D eigenvalue weighted by Crippen LogP contribution is 2.13. The van der Waals surface area contributed by atoms with Crippen molar-refractivity contribution >= 4 is 23.1 Å². The van der Waals surface area contributed by atoms with Gasteiger partial charge in [0, 0.05) is 6.54 Å². The Labute approximate surface area is 134 Å². The maximum absolute atomic E-state index is 12.8. The molecule has 0 radical (unpaired) electrons. The first kappa shape index (κ1) is 15.2. The Balaban J connectivity index is 2.14. The Hall–Kier alpha value is -2.66. The second kappa shape index (κ2) is 6.62. The van der Waals surface area contributed by atoms with Gasteiger partial charge >= 0.3 is 0 Å². The van der Waals surface area contributed by atoms with Crippen LogP contribution in [0.25, 0.3) is 23.1 Å². The van der Waals surface area contributed by atoms with Crippen molar-refractivity contribution in [3.8, 4) is 0 Å². The van der Waals surface area contributed by atoms with Crippen LogP contribution in [0.2, 0.25) is 0 Å². The fourth-order valence-corrected chi connectivity index (χ4v) is 2.49. The summed E-state index contributed by atoms with van der Waals surface area (Å²) in [6.07, 6.45) is 5.94. The molecule has 0 atom stereocenters. The molecule has 23 heavy (non-hydrogen) atoms. The van der Waals surface area contributed by atoms with Crippen molar-refractivity contribution < 1.29 is 4.42 Å². The zero-order chi connectivity index (χ0) is 16.2. The third-order valence-corrected chi connectivity index (χ3v) is 3.66. The van der Waals surface area contributed by atoms with Crippen LogP contribution in [0.1, 0.15) is 23.6 Å². The molecule has 2 aromatic heterocycles. The number of benzene rings is 1. The minimum absolute atomic E-state index is 0.0359. The summed E-state index contributed by atoms with van der Waals surface area (Å²) in [5.74, 6) is 1.32. The molecule has 3 aromatic rings. The summed E-state index contributed by atoms with van der Waals surface area (Å²) in [5.41, 5.74) is 7.30. The maximum Gasteiger partial charge on any atom is 0.261 e. The number of nitrogens with zero attached hydrogens (tertiary/aromatic N) is 2. The molecule has 0 fully saturated rings. The van der Waals surface area contributed by atoms with Gasteiger partial charge in [-0.15, -0.1) is 0 Å². The third-order valence-electron chi connectivity index (χ3n) is 3.66. The van der Waals surface area contributed by atoms with Crippen LogP contribution in [-0.2, 0) is 6.54 Å². The summed E-state index contributed by atoms with van der Waals surface area (Å²) in [7, 11) is 0. The summed E-state index contributed by atoms with van der Waals surface area (Å²) in [5, 5.41) is 0.636. The maximum atomic E-state index is 12.8. The normalized spacial score (nSPS) is 11.6. The highest BCUT2D eigenvalue weighted by molar-refractivity contribution is 5.80. The van der Waals surface area contributed by atoms with Crippen molar-refractivity contribution in [2.24, 2.45) is 5.73 Å². The molecule has 0 aliphatic carbocycles. The average Bonchev–Trinajstić information content (AvgIpc) is 3.06. The molecule has 5 nitrogen and oxygen atoms in total. The lowest BCUT2D eigenvalue weighted by Crippen LogP contribution is -2.25. The first-order valence-electron chi connectivity index (χ1n) is 7.62. The van der Waals surface area contributed by atoms with E-state index in [1.807, 2.05) is 37.3 Å². The number of fused-ring (bicyclic) bond motifs is 1. The molecule has 0 spiro atoms. The van der Waals surface area contributed by atoms with E-state index in [0.29, 0.717) is 35.6 Å². The van der Waals surface area contributed by atoms with Crippen molar-refractivity contribution in [3.63, 3.8) is 0 Å². The predicted octanol–water partition coefficient (Wildman–Crippen LogP) is 2.82. The van der Waals surface area contributed by atoms with E-state index >= 15 is 0 Å². The standard InChI is InChI=1S/C18H19N3O2/c1-13-5-7-16-15(12-13)18(22)21(10-3-9-19)17(20-16)8-6-14-4-2-11-23-14/h2,4-8,11-12H,3,9-10,19H2,1H3/b8-6+. The van der Waals surface area contributed by atoms with E-state index in [4.69, 9.17) is 10.2 Å². The summed E-state index contributed by atoms with van der Waals surface area (Å²) < 4.78 is 6.96. The van der Waals surface area contributed by atoms with E-state index in [0.717, 1.165) is 12.0 Å². The zero-order valence-electron chi connectivity index (χ0n) is 13.0. The van der Waals surface area contributed by atoms with Gasteiger partial charge in [0.05, 0.1) is 17.2 Å². The number of hydrogen-bond donors (Lipinski definition) is 1. The Kier molecular flexibility index (Phi) is 4.39. The Morgan fingerprint density at radius 1 is 1.30 bits per heavy atom. The van der Waals surface area contributed by atoms with Gasteiger partial charge in [-0.05, 0) is 56.3 Å². The van der Waals surface area contributed by atoms with E-state index in [-0.39, 0.29) is 5.56 Å². The molecule has 2 N–H and O–H groups in total. The van der Waals surface area contributed by atoms with Gasteiger partial charge < -0.3 is 10.2 Å². The summed E-state index contributed by atoms with van der Waals surface area (Å²) in [6, 6.07) is 9.38. The van der Waals surface area contributed by atoms with Gasteiger partial charge in [-0.2, -0.15) is 0 Å². The molecule has 0 saturated carbocycles. The smallest absolute Gasteiger partial charge is 0.261 e. The number of nitrogens with two attached hydrogens (primary N) is 1. The fraction of sp³-hybridized carbons (Fsp3) is 0.222. The molecular formula is C18H19N3O2. The van der Waals surface area contributed by atoms with Crippen LogP contribution < -0.4 is 11.3 Å². The van der Waals surface area contributed by atoms with Crippen LogP contribution in [0.15, 0.2) is 45.8 Å². The number of furan rings is 1. The molecule has 0 aliphatic rings. The van der Waals surface area contributed by atoms with Gasteiger partial charge in [0.1, 0.15) is 11.6 Å². The highest BCUT2D eigenvalue weighted by Gasteiger charge is 2.09. The van der Waals surface area contributed by atoms with Crippen LogP contribution in [0, 0.1) is 6.92 Å². The molecule has 2 heterocycles. The van der Waals surface area contributed by atoms with E-state index in [1.54, 1.807) is 23.0 Å². The molecule has 1 aromatic carbocycles. The summed E-state index contributed by atoms with van der Waals surface area (Å²) in [4.78, 5) is 17.4. The van der Waals surface area contributed by atoms with Crippen molar-refractivity contribution in [1.29, 1.82) is 0 Å². The molecule has 0 unspecified atom stereocenters. The molecule has 118 valence electrons. The Morgan fingerprint density at radius 2 is 2.17 bits per heavy atom. The van der Waals surface area contributed by atoms with Crippen LogP contribution in [0.3, 0.4) is 0 Å². The summed E-state index contributed by atoms with van der Waals surface area (Å²) in [6.45, 7) is 3.04. The molecule has 0 amide bonds. The minimum atomic E-state index is -0.0359. The lowest BCUT2D eigenvalue weighted by atomic mass is 10.1. The second-order valence-electron chi connectivity index (χ2n) is 5.44. The lowest BCUT2D eigenvalue weighted by molar-refractivity contribution is 0.557. The molecule has 5 heteroatoms. The number of aromatic nitrogens is 2. The monoisotopic (exact) mass is 309 g/mol. The predicted molar refractivity (Wildman–Crippen MR) is 92.0 cm³/mol. The molecular weight excluding hydrogens is 290 g/mol. The quantitative estimate of drug-likeness (QED) is 0.786. The highest BCUT2D eigenvalue weighted by atomic mass is 16.3. The van der Waals surface area contributed by atoms with E-state index in [9.17, 15) is 4.79 Å². The number of aryl methyl sites for hydroxylation is 1. The van der Waals surface area contributed by atoms with E-state index in [2.05, 4.69) is 4.98 Å². The second-order valence-corrected chi connectivity index (χ2v) is 5.44. The van der Waals surface area contributed by atoms with Gasteiger partial charge in [0.2, 0.25) is 0 Å². The molecule has 0 bridgehead atoms. The zero-order valence-corrected chi connectivity index (χ0v) is 13.0. The summed E-state index contributed by atoms with van der Waals surface area (Å²) >= 11 is 0. The van der Waals surface area contributed by atoms with E-state index in [1.165, 1.54) is 0 Å². The van der Waals surface area contributed by atoms with Crippen LogP contribution in [0.5, 0.6) is 0 Å². The first-order chi connectivity index (χ1) is 11.2. The van der Waals surface area contributed by atoms with Gasteiger partial charge in [-0.25, -0.2) is 4.98 Å². The third kappa shape index (κ3) is 3.24. The van der Waals surface area contributed by atoms with Gasteiger partial charge in [0.15, 0.2) is 0 Å². The molecule has 0 aliphatic heterocycles. The number of hydrogen-bond acceptors (Lipinski definition) is 4. The van der Waals surface area contributed by atoms with Gasteiger partial charge in [-0.1, -0.05) is 11.6 Å². The lowest BCUT2D eigenvalue weighted by Gasteiger charge is -2.11. The van der Waals surface area contributed by atoms with E-state index < -0.39 is 0 Å². The largest absolute Gasteiger partial charge is 0.465 e. The topological polar surface area (TPSA) is 74.1 Å². The fourth-order valence-electron chi connectivity index (χ4n) is 2.49. The number of rotatable bonds is 5. The van der Waals surface area contributed by atoms with Crippen LogP contribution in [-0.4, -0.2) is 16.1 Å². The average molecular weight is 309 g/mol. The van der Waals surface area contributed by atoms with Crippen molar-refractivity contribution in [2.75, 3.05) is 6.54 Å². The van der Waals surface area contributed by atoms with Crippen molar-refractivity contribution in [2.45, 2.75) is 19.9 Å². The van der Waals surface area contributed by atoms with Crippen LogP contribution in [0.4, 0.5) is 0 Å². The van der Waals surface area contributed by atoms with Crippen molar-refractivity contribution in [1.82, 2.24) is 9.55 Å². The Bertz CT molecular complexity index is 893. The Morgan fingerprint density at radius 3 is 2.91 bits per heavy atom. The van der Waals surface area contributed by atoms with Crippen LogP contribution >= 0.6 is 0 Å². The molecule has 3 rings (SSSR count).